The summed E-state index contributed by atoms with van der Waals surface area (Å²) in [5, 5.41) is 8.13. The molecular weight excluding hydrogens is 306 g/mol. The minimum atomic E-state index is 0.0450. The van der Waals surface area contributed by atoms with Crippen molar-refractivity contribution in [1.29, 1.82) is 0 Å². The van der Waals surface area contributed by atoms with Crippen molar-refractivity contribution in [2.45, 2.75) is 26.3 Å². The van der Waals surface area contributed by atoms with Gasteiger partial charge in [-0.1, -0.05) is 5.16 Å². The van der Waals surface area contributed by atoms with Crippen molar-refractivity contribution in [1.82, 2.24) is 24.7 Å². The molecule has 0 N–H and O–H groups in total. The van der Waals surface area contributed by atoms with Gasteiger partial charge >= 0.3 is 0 Å². The van der Waals surface area contributed by atoms with Crippen molar-refractivity contribution in [2.75, 3.05) is 26.7 Å². The average Bonchev–Trinajstić information content (AvgIpc) is 3.17. The highest BCUT2D eigenvalue weighted by atomic mass is 16.5. The van der Waals surface area contributed by atoms with Crippen LogP contribution in [-0.4, -0.2) is 57.3 Å². The van der Waals surface area contributed by atoms with E-state index < -0.39 is 0 Å². The third kappa shape index (κ3) is 4.03. The number of aromatic nitrogens is 3. The van der Waals surface area contributed by atoms with Crippen LogP contribution >= 0.6 is 0 Å². The summed E-state index contributed by atoms with van der Waals surface area (Å²) in [6, 6.07) is 1.99. The lowest BCUT2D eigenvalue weighted by atomic mass is 9.96. The van der Waals surface area contributed by atoms with Crippen LogP contribution in [0.4, 0.5) is 0 Å². The Morgan fingerprint density at radius 3 is 2.75 bits per heavy atom. The Labute approximate surface area is 142 Å². The number of carbonyl (C=O) groups excluding carboxylic acids is 1. The molecule has 1 aliphatic rings. The number of piperidine rings is 1. The Bertz CT molecular complexity index is 685. The van der Waals surface area contributed by atoms with Crippen LogP contribution in [0.15, 0.2) is 23.0 Å². The molecule has 3 heterocycles. The third-order valence-electron chi connectivity index (χ3n) is 4.60. The number of hydrogen-bond donors (Lipinski definition) is 0. The number of amides is 1. The van der Waals surface area contributed by atoms with Crippen LogP contribution in [0, 0.1) is 12.8 Å². The van der Waals surface area contributed by atoms with E-state index in [1.165, 1.54) is 0 Å². The van der Waals surface area contributed by atoms with E-state index in [0.717, 1.165) is 50.5 Å². The molecule has 0 radical (unpaired) electrons. The first-order valence-corrected chi connectivity index (χ1v) is 8.40. The summed E-state index contributed by atoms with van der Waals surface area (Å²) in [5.74, 6) is 1.45. The van der Waals surface area contributed by atoms with Gasteiger partial charge in [0.15, 0.2) is 0 Å². The number of carbonyl (C=O) groups is 1. The standard InChI is InChI=1S/C17H25N5O2/c1-13-8-16(19-24-13)12-22-6-4-14(5-7-22)10-20(2)17(23)15-9-18-21(3)11-15/h8-9,11,14H,4-7,10,12H2,1-3H3. The van der Waals surface area contributed by atoms with Gasteiger partial charge in [0.05, 0.1) is 17.5 Å². The van der Waals surface area contributed by atoms with Crippen molar-refractivity contribution in [3.8, 4) is 0 Å². The summed E-state index contributed by atoms with van der Waals surface area (Å²) in [6.07, 6.45) is 5.59. The second kappa shape index (κ2) is 7.17. The smallest absolute Gasteiger partial charge is 0.256 e. The maximum atomic E-state index is 12.4. The highest BCUT2D eigenvalue weighted by Crippen LogP contribution is 2.20. The molecule has 1 fully saturated rings. The van der Waals surface area contributed by atoms with Gasteiger partial charge in [-0.15, -0.1) is 0 Å². The molecule has 1 aliphatic heterocycles. The van der Waals surface area contributed by atoms with Crippen LogP contribution in [-0.2, 0) is 13.6 Å². The van der Waals surface area contributed by atoms with Gasteiger partial charge in [0, 0.05) is 39.4 Å². The van der Waals surface area contributed by atoms with Gasteiger partial charge in [-0.25, -0.2) is 0 Å². The molecule has 2 aromatic heterocycles. The second-order valence-electron chi connectivity index (χ2n) is 6.74. The normalized spacial score (nSPS) is 16.5. The van der Waals surface area contributed by atoms with Crippen molar-refractivity contribution < 1.29 is 9.32 Å². The maximum Gasteiger partial charge on any atom is 0.256 e. The molecule has 3 rings (SSSR count). The first-order valence-electron chi connectivity index (χ1n) is 8.40. The number of aryl methyl sites for hydroxylation is 2. The molecule has 7 nitrogen and oxygen atoms in total. The Morgan fingerprint density at radius 2 is 2.17 bits per heavy atom. The topological polar surface area (TPSA) is 67.4 Å². The summed E-state index contributed by atoms with van der Waals surface area (Å²) in [7, 11) is 3.70. The van der Waals surface area contributed by atoms with Crippen LogP contribution in [0.25, 0.3) is 0 Å². The Kier molecular flexibility index (Phi) is 4.99. The summed E-state index contributed by atoms with van der Waals surface area (Å²) in [4.78, 5) is 16.6. The molecule has 0 spiro atoms. The van der Waals surface area contributed by atoms with Gasteiger partial charge in [-0.3, -0.25) is 14.4 Å². The SMILES string of the molecule is Cc1cc(CN2CCC(CN(C)C(=O)c3cnn(C)c3)CC2)no1. The van der Waals surface area contributed by atoms with Crippen LogP contribution < -0.4 is 0 Å². The van der Waals surface area contributed by atoms with E-state index in [4.69, 9.17) is 4.52 Å². The van der Waals surface area contributed by atoms with E-state index >= 15 is 0 Å². The van der Waals surface area contributed by atoms with Gasteiger partial charge in [0.1, 0.15) is 5.76 Å². The Balaban J connectivity index is 1.45. The predicted octanol–water partition coefficient (Wildman–Crippen LogP) is 1.70. The van der Waals surface area contributed by atoms with E-state index in [1.54, 1.807) is 17.1 Å². The molecule has 2 aromatic rings. The van der Waals surface area contributed by atoms with Gasteiger partial charge in [-0.05, 0) is 38.8 Å². The quantitative estimate of drug-likeness (QED) is 0.834. The molecule has 130 valence electrons. The minimum Gasteiger partial charge on any atom is -0.361 e. The summed E-state index contributed by atoms with van der Waals surface area (Å²) < 4.78 is 6.78. The highest BCUT2D eigenvalue weighted by Gasteiger charge is 2.23. The van der Waals surface area contributed by atoms with Crippen molar-refractivity contribution in [2.24, 2.45) is 13.0 Å². The van der Waals surface area contributed by atoms with Crippen molar-refractivity contribution >= 4 is 5.91 Å². The monoisotopic (exact) mass is 331 g/mol. The molecule has 0 atom stereocenters. The van der Waals surface area contributed by atoms with Crippen molar-refractivity contribution in [3.63, 3.8) is 0 Å². The Morgan fingerprint density at radius 1 is 1.42 bits per heavy atom. The number of nitrogens with zero attached hydrogens (tertiary/aromatic N) is 5. The fourth-order valence-corrected chi connectivity index (χ4v) is 3.27. The lowest BCUT2D eigenvalue weighted by Crippen LogP contribution is -2.39. The van der Waals surface area contributed by atoms with Crippen LogP contribution in [0.1, 0.15) is 34.7 Å². The fraction of sp³-hybridized carbons (Fsp3) is 0.588. The largest absolute Gasteiger partial charge is 0.361 e. The fourth-order valence-electron chi connectivity index (χ4n) is 3.27. The highest BCUT2D eigenvalue weighted by molar-refractivity contribution is 5.93. The number of hydrogen-bond acceptors (Lipinski definition) is 5. The lowest BCUT2D eigenvalue weighted by molar-refractivity contribution is 0.0736. The summed E-state index contributed by atoms with van der Waals surface area (Å²) in [6.45, 7) is 5.62. The van der Waals surface area contributed by atoms with Crippen LogP contribution in [0.5, 0.6) is 0 Å². The molecular formula is C17H25N5O2. The van der Waals surface area contributed by atoms with Crippen LogP contribution in [0.3, 0.4) is 0 Å². The Hall–Kier alpha value is -2.15. The zero-order valence-corrected chi connectivity index (χ0v) is 14.6. The number of likely N-dealkylation sites (tertiary alicyclic amines) is 1. The molecule has 7 heteroatoms. The molecule has 24 heavy (non-hydrogen) atoms. The second-order valence-corrected chi connectivity index (χ2v) is 6.74. The van der Waals surface area contributed by atoms with Crippen LogP contribution in [0.2, 0.25) is 0 Å². The zero-order valence-electron chi connectivity index (χ0n) is 14.6. The first kappa shape index (κ1) is 16.7. The molecule has 0 unspecified atom stereocenters. The third-order valence-corrected chi connectivity index (χ3v) is 4.60. The zero-order chi connectivity index (χ0) is 17.1. The lowest BCUT2D eigenvalue weighted by Gasteiger charge is -2.33. The first-order chi connectivity index (χ1) is 11.5. The molecule has 1 amide bonds. The number of rotatable bonds is 5. The van der Waals surface area contributed by atoms with Gasteiger partial charge in [-0.2, -0.15) is 5.10 Å². The van der Waals surface area contributed by atoms with E-state index in [1.807, 2.05) is 32.0 Å². The van der Waals surface area contributed by atoms with Gasteiger partial charge in [0.25, 0.3) is 5.91 Å². The molecule has 0 saturated carbocycles. The van der Waals surface area contributed by atoms with E-state index in [2.05, 4.69) is 15.2 Å². The van der Waals surface area contributed by atoms with E-state index in [-0.39, 0.29) is 5.91 Å². The molecule has 0 bridgehead atoms. The minimum absolute atomic E-state index is 0.0450. The van der Waals surface area contributed by atoms with E-state index in [9.17, 15) is 4.79 Å². The van der Waals surface area contributed by atoms with Gasteiger partial charge < -0.3 is 9.42 Å². The summed E-state index contributed by atoms with van der Waals surface area (Å²) >= 11 is 0. The summed E-state index contributed by atoms with van der Waals surface area (Å²) in [5.41, 5.74) is 1.65. The van der Waals surface area contributed by atoms with Crippen molar-refractivity contribution in [3.05, 3.63) is 35.5 Å². The average molecular weight is 331 g/mol. The maximum absolute atomic E-state index is 12.4. The van der Waals surface area contributed by atoms with Gasteiger partial charge in [0.2, 0.25) is 0 Å². The molecule has 0 aromatic carbocycles. The molecule has 1 saturated heterocycles. The predicted molar refractivity (Wildman–Crippen MR) is 89.4 cm³/mol. The van der Waals surface area contributed by atoms with E-state index in [0.29, 0.717) is 11.5 Å². The molecule has 0 aliphatic carbocycles.